The summed E-state index contributed by atoms with van der Waals surface area (Å²) in [6, 6.07) is 15.4. The Bertz CT molecular complexity index is 929. The van der Waals surface area contributed by atoms with Crippen LogP contribution in [-0.2, 0) is 16.2 Å². The minimum Gasteiger partial charge on any atom is -0.406 e. The number of carbonyl (C=O) groups excluding carboxylic acids is 1. The third kappa shape index (κ3) is 5.37. The molecule has 1 aliphatic carbocycles. The molecule has 0 bridgehead atoms. The van der Waals surface area contributed by atoms with Crippen molar-refractivity contribution in [2.24, 2.45) is 17.0 Å². The van der Waals surface area contributed by atoms with E-state index in [1.807, 2.05) is 30.3 Å². The van der Waals surface area contributed by atoms with Crippen molar-refractivity contribution >= 4 is 11.6 Å². The molecule has 164 valence electrons. The molecule has 4 rings (SSSR count). The van der Waals surface area contributed by atoms with E-state index in [0.29, 0.717) is 12.0 Å². The van der Waals surface area contributed by atoms with E-state index >= 15 is 0 Å². The second-order valence-electron chi connectivity index (χ2n) is 7.84. The molecular formula is C23H23F3N2O3. The number of halogens is 3. The van der Waals surface area contributed by atoms with Crippen LogP contribution >= 0.6 is 0 Å². The Morgan fingerprint density at radius 2 is 1.84 bits per heavy atom. The van der Waals surface area contributed by atoms with Crippen LogP contribution in [-0.4, -0.2) is 18.0 Å². The van der Waals surface area contributed by atoms with Gasteiger partial charge in [0.2, 0.25) is 5.91 Å². The number of hydrogen-bond acceptors (Lipinski definition) is 4. The normalized spacial score (nSPS) is 23.2. The van der Waals surface area contributed by atoms with Crippen molar-refractivity contribution < 1.29 is 27.5 Å². The summed E-state index contributed by atoms with van der Waals surface area (Å²) >= 11 is 0. The molecule has 2 aliphatic rings. The summed E-state index contributed by atoms with van der Waals surface area (Å²) in [5.74, 6) is -0.476. The Kier molecular flexibility index (Phi) is 6.15. The maximum Gasteiger partial charge on any atom is 0.573 e. The Labute approximate surface area is 178 Å². The standard InChI is InChI=1S/C23H23F3N2O3/c24-23(25,26)30-17-11-9-15(10-12-17)14-27-22(29)19-8-4-7-18(19)20-13-21(31-28-20)16-5-2-1-3-6-16/h1-3,5-6,9-12,18-19,21H,4,7-8,13-14H2,(H,27,29)/t18-,19-,21?/m1/s1. The molecule has 2 aromatic carbocycles. The molecule has 0 spiro atoms. The van der Waals surface area contributed by atoms with Gasteiger partial charge < -0.3 is 14.9 Å². The van der Waals surface area contributed by atoms with Crippen molar-refractivity contribution in [3.05, 3.63) is 65.7 Å². The van der Waals surface area contributed by atoms with E-state index in [1.54, 1.807) is 0 Å². The minimum atomic E-state index is -4.72. The van der Waals surface area contributed by atoms with E-state index in [1.165, 1.54) is 24.3 Å². The van der Waals surface area contributed by atoms with Crippen LogP contribution in [0, 0.1) is 11.8 Å². The molecule has 0 saturated heterocycles. The Morgan fingerprint density at radius 3 is 2.55 bits per heavy atom. The van der Waals surface area contributed by atoms with Crippen molar-refractivity contribution in [3.8, 4) is 5.75 Å². The fraction of sp³-hybridized carbons (Fsp3) is 0.391. The summed E-state index contributed by atoms with van der Waals surface area (Å²) in [6.07, 6.45) is -1.53. The van der Waals surface area contributed by atoms with E-state index in [0.717, 1.165) is 30.5 Å². The van der Waals surface area contributed by atoms with Crippen molar-refractivity contribution in [1.29, 1.82) is 0 Å². The van der Waals surface area contributed by atoms with Crippen molar-refractivity contribution in [1.82, 2.24) is 5.32 Å². The van der Waals surface area contributed by atoms with Gasteiger partial charge in [-0.25, -0.2) is 0 Å². The number of rotatable bonds is 6. The number of oxime groups is 1. The first kappa shape index (κ1) is 21.2. The topological polar surface area (TPSA) is 59.9 Å². The zero-order chi connectivity index (χ0) is 21.8. The summed E-state index contributed by atoms with van der Waals surface area (Å²) in [6.45, 7) is 0.240. The number of nitrogens with one attached hydrogen (secondary N) is 1. The van der Waals surface area contributed by atoms with Crippen LogP contribution in [0.4, 0.5) is 13.2 Å². The predicted molar refractivity (Wildman–Crippen MR) is 108 cm³/mol. The van der Waals surface area contributed by atoms with E-state index in [-0.39, 0.29) is 36.1 Å². The molecule has 31 heavy (non-hydrogen) atoms. The summed E-state index contributed by atoms with van der Waals surface area (Å²) in [4.78, 5) is 18.4. The third-order valence-corrected chi connectivity index (χ3v) is 5.77. The van der Waals surface area contributed by atoms with Gasteiger partial charge in [-0.3, -0.25) is 4.79 Å². The fourth-order valence-corrected chi connectivity index (χ4v) is 4.26. The Morgan fingerprint density at radius 1 is 1.10 bits per heavy atom. The number of alkyl halides is 3. The van der Waals surface area contributed by atoms with Gasteiger partial charge in [0.05, 0.1) is 5.71 Å². The van der Waals surface area contributed by atoms with Gasteiger partial charge in [0.25, 0.3) is 0 Å². The number of nitrogens with zero attached hydrogens (tertiary/aromatic N) is 1. The molecule has 1 aliphatic heterocycles. The van der Waals surface area contributed by atoms with Gasteiger partial charge >= 0.3 is 6.36 Å². The predicted octanol–water partition coefficient (Wildman–Crippen LogP) is 5.14. The highest BCUT2D eigenvalue weighted by molar-refractivity contribution is 5.93. The summed E-state index contributed by atoms with van der Waals surface area (Å²) in [5.41, 5.74) is 2.70. The van der Waals surface area contributed by atoms with Crippen LogP contribution in [0.1, 0.15) is 42.9 Å². The number of hydrogen-bond donors (Lipinski definition) is 1. The fourth-order valence-electron chi connectivity index (χ4n) is 4.26. The lowest BCUT2D eigenvalue weighted by atomic mass is 9.87. The van der Waals surface area contributed by atoms with Crippen LogP contribution < -0.4 is 10.1 Å². The lowest BCUT2D eigenvalue weighted by molar-refractivity contribution is -0.274. The maximum absolute atomic E-state index is 12.8. The lowest BCUT2D eigenvalue weighted by Crippen LogP contribution is -2.34. The molecule has 0 radical (unpaired) electrons. The zero-order valence-electron chi connectivity index (χ0n) is 16.8. The summed E-state index contributed by atoms with van der Waals surface area (Å²) < 4.78 is 40.6. The number of carbonyl (C=O) groups is 1. The van der Waals surface area contributed by atoms with Crippen molar-refractivity contribution in [2.75, 3.05) is 0 Å². The molecule has 1 N–H and O–H groups in total. The number of amides is 1. The molecule has 2 aromatic rings. The molecule has 5 nitrogen and oxygen atoms in total. The van der Waals surface area contributed by atoms with E-state index in [9.17, 15) is 18.0 Å². The number of benzene rings is 2. The second-order valence-corrected chi connectivity index (χ2v) is 7.84. The molecule has 3 atom stereocenters. The molecule has 1 fully saturated rings. The molecular weight excluding hydrogens is 409 g/mol. The SMILES string of the molecule is O=C(NCc1ccc(OC(F)(F)F)cc1)[C@@H]1CCC[C@H]1C1=NOC(c2ccccc2)C1. The van der Waals surface area contributed by atoms with Gasteiger partial charge in [-0.1, -0.05) is 54.0 Å². The van der Waals surface area contributed by atoms with Gasteiger partial charge in [-0.05, 0) is 36.1 Å². The monoisotopic (exact) mass is 432 g/mol. The van der Waals surface area contributed by atoms with Crippen LogP contribution in [0.3, 0.4) is 0 Å². The first-order valence-electron chi connectivity index (χ1n) is 10.3. The van der Waals surface area contributed by atoms with Gasteiger partial charge in [-0.2, -0.15) is 0 Å². The molecule has 1 heterocycles. The zero-order valence-corrected chi connectivity index (χ0v) is 16.8. The molecule has 1 amide bonds. The third-order valence-electron chi connectivity index (χ3n) is 5.77. The average molecular weight is 432 g/mol. The highest BCUT2D eigenvalue weighted by atomic mass is 19.4. The highest BCUT2D eigenvalue weighted by Crippen LogP contribution is 2.39. The van der Waals surface area contributed by atoms with Crippen molar-refractivity contribution in [3.63, 3.8) is 0 Å². The van der Waals surface area contributed by atoms with Gasteiger partial charge in [0.1, 0.15) is 5.75 Å². The van der Waals surface area contributed by atoms with E-state index in [4.69, 9.17) is 4.84 Å². The van der Waals surface area contributed by atoms with Crippen molar-refractivity contribution in [2.45, 2.75) is 44.7 Å². The van der Waals surface area contributed by atoms with Crippen LogP contribution in [0.5, 0.6) is 5.75 Å². The average Bonchev–Trinajstić information content (AvgIpc) is 3.42. The smallest absolute Gasteiger partial charge is 0.406 e. The Hall–Kier alpha value is -3.03. The first-order valence-corrected chi connectivity index (χ1v) is 10.3. The summed E-state index contributed by atoms with van der Waals surface area (Å²) in [7, 11) is 0. The van der Waals surface area contributed by atoms with Crippen LogP contribution in [0.15, 0.2) is 59.8 Å². The second kappa shape index (κ2) is 8.99. The molecule has 1 unspecified atom stereocenters. The largest absolute Gasteiger partial charge is 0.573 e. The number of ether oxygens (including phenoxy) is 1. The van der Waals surface area contributed by atoms with Crippen LogP contribution in [0.2, 0.25) is 0 Å². The van der Waals surface area contributed by atoms with Gasteiger partial charge in [-0.15, -0.1) is 13.2 Å². The van der Waals surface area contributed by atoms with Gasteiger partial charge in [0, 0.05) is 24.8 Å². The quantitative estimate of drug-likeness (QED) is 0.688. The first-order chi connectivity index (χ1) is 14.9. The van der Waals surface area contributed by atoms with Crippen LogP contribution in [0.25, 0.3) is 0 Å². The van der Waals surface area contributed by atoms with Gasteiger partial charge in [0.15, 0.2) is 6.10 Å². The lowest BCUT2D eigenvalue weighted by Gasteiger charge is -2.19. The maximum atomic E-state index is 12.8. The molecule has 0 aromatic heterocycles. The highest BCUT2D eigenvalue weighted by Gasteiger charge is 2.39. The minimum absolute atomic E-state index is 0.0521. The Balaban J connectivity index is 1.31. The van der Waals surface area contributed by atoms with E-state index < -0.39 is 6.36 Å². The van der Waals surface area contributed by atoms with E-state index in [2.05, 4.69) is 15.2 Å². The molecule has 8 heteroatoms. The summed E-state index contributed by atoms with van der Waals surface area (Å²) in [5, 5.41) is 7.20. The molecule has 1 saturated carbocycles.